The van der Waals surface area contributed by atoms with Crippen LogP contribution >= 0.6 is 0 Å². The smallest absolute Gasteiger partial charge is 0.243 e. The number of nitrogens with zero attached hydrogens (tertiary/aromatic N) is 2. The van der Waals surface area contributed by atoms with Crippen molar-refractivity contribution in [2.75, 3.05) is 0 Å². The standard InChI is InChI=1S/C14H17N3O/c1-2-5-12(15)14-16-13(17-18-14)11-8-9-6-3-4-7-10(9)11/h3-4,6-7,11-12H,2,5,8,15H2,1H3/t11?,12-/m1/s1. The van der Waals surface area contributed by atoms with Gasteiger partial charge in [-0.05, 0) is 24.0 Å². The van der Waals surface area contributed by atoms with Crippen LogP contribution in [0.3, 0.4) is 0 Å². The van der Waals surface area contributed by atoms with Gasteiger partial charge < -0.3 is 10.3 Å². The van der Waals surface area contributed by atoms with Gasteiger partial charge in [-0.15, -0.1) is 0 Å². The van der Waals surface area contributed by atoms with E-state index in [2.05, 4.69) is 41.3 Å². The minimum absolute atomic E-state index is 0.133. The average Bonchev–Trinajstić information content (AvgIpc) is 2.80. The fraction of sp³-hybridized carbons (Fsp3) is 0.429. The lowest BCUT2D eigenvalue weighted by Gasteiger charge is -2.27. The second-order valence-corrected chi connectivity index (χ2v) is 4.84. The molecule has 4 heteroatoms. The van der Waals surface area contributed by atoms with Gasteiger partial charge in [0.15, 0.2) is 5.82 Å². The molecule has 1 unspecified atom stereocenters. The third-order valence-corrected chi connectivity index (χ3v) is 3.54. The largest absolute Gasteiger partial charge is 0.338 e. The lowest BCUT2D eigenvalue weighted by atomic mass is 9.77. The molecule has 0 amide bonds. The molecular formula is C14H17N3O. The molecule has 1 heterocycles. The molecule has 1 aromatic carbocycles. The summed E-state index contributed by atoms with van der Waals surface area (Å²) < 4.78 is 5.26. The van der Waals surface area contributed by atoms with Crippen molar-refractivity contribution in [3.8, 4) is 0 Å². The van der Waals surface area contributed by atoms with Crippen LogP contribution < -0.4 is 5.73 Å². The van der Waals surface area contributed by atoms with Gasteiger partial charge in [-0.25, -0.2) is 0 Å². The van der Waals surface area contributed by atoms with E-state index >= 15 is 0 Å². The van der Waals surface area contributed by atoms with Crippen LogP contribution in [0.1, 0.15) is 54.6 Å². The summed E-state index contributed by atoms with van der Waals surface area (Å²) in [7, 11) is 0. The van der Waals surface area contributed by atoms with Crippen LogP contribution in [-0.4, -0.2) is 10.1 Å². The predicted molar refractivity (Wildman–Crippen MR) is 68.1 cm³/mol. The molecule has 94 valence electrons. The molecule has 0 radical (unpaired) electrons. The van der Waals surface area contributed by atoms with E-state index in [1.165, 1.54) is 11.1 Å². The van der Waals surface area contributed by atoms with Crippen molar-refractivity contribution in [2.24, 2.45) is 5.73 Å². The molecule has 3 rings (SSSR count). The molecule has 2 N–H and O–H groups in total. The van der Waals surface area contributed by atoms with Crippen LogP contribution in [0, 0.1) is 0 Å². The van der Waals surface area contributed by atoms with Gasteiger partial charge in [0, 0.05) is 0 Å². The maximum Gasteiger partial charge on any atom is 0.243 e. The van der Waals surface area contributed by atoms with Crippen LogP contribution in [-0.2, 0) is 6.42 Å². The number of benzene rings is 1. The van der Waals surface area contributed by atoms with Gasteiger partial charge in [-0.2, -0.15) is 4.98 Å². The van der Waals surface area contributed by atoms with Gasteiger partial charge in [0.05, 0.1) is 12.0 Å². The van der Waals surface area contributed by atoms with Crippen LogP contribution in [0.15, 0.2) is 28.8 Å². The maximum absolute atomic E-state index is 5.98. The molecule has 4 nitrogen and oxygen atoms in total. The van der Waals surface area contributed by atoms with E-state index in [9.17, 15) is 0 Å². The number of aromatic nitrogens is 2. The molecule has 2 aromatic rings. The number of hydrogen-bond donors (Lipinski definition) is 1. The predicted octanol–water partition coefficient (Wildman–Crippen LogP) is 2.56. The highest BCUT2D eigenvalue weighted by molar-refractivity contribution is 5.43. The Bertz CT molecular complexity index is 549. The second-order valence-electron chi connectivity index (χ2n) is 4.84. The third-order valence-electron chi connectivity index (χ3n) is 3.54. The fourth-order valence-corrected chi connectivity index (χ4v) is 2.46. The Balaban J connectivity index is 1.80. The lowest BCUT2D eigenvalue weighted by molar-refractivity contribution is 0.342. The van der Waals surface area contributed by atoms with Gasteiger partial charge in [-0.1, -0.05) is 42.8 Å². The molecule has 1 aliphatic carbocycles. The normalized spacial score (nSPS) is 19.1. The van der Waals surface area contributed by atoms with Crippen molar-refractivity contribution in [1.29, 1.82) is 0 Å². The molecule has 0 aliphatic heterocycles. The van der Waals surface area contributed by atoms with Crippen LogP contribution in [0.4, 0.5) is 0 Å². The van der Waals surface area contributed by atoms with Gasteiger partial charge in [0.25, 0.3) is 0 Å². The Kier molecular flexibility index (Phi) is 2.88. The molecule has 0 saturated heterocycles. The summed E-state index contributed by atoms with van der Waals surface area (Å²) >= 11 is 0. The summed E-state index contributed by atoms with van der Waals surface area (Å²) in [5, 5.41) is 4.07. The number of fused-ring (bicyclic) bond motifs is 1. The van der Waals surface area contributed by atoms with Crippen molar-refractivity contribution in [3.05, 3.63) is 47.1 Å². The summed E-state index contributed by atoms with van der Waals surface area (Å²) in [6.45, 7) is 2.10. The Morgan fingerprint density at radius 1 is 1.44 bits per heavy atom. The zero-order valence-electron chi connectivity index (χ0n) is 10.5. The summed E-state index contributed by atoms with van der Waals surface area (Å²) in [6.07, 6.45) is 2.90. The zero-order valence-corrected chi connectivity index (χ0v) is 10.5. The first-order valence-corrected chi connectivity index (χ1v) is 6.46. The monoisotopic (exact) mass is 243 g/mol. The molecule has 1 aromatic heterocycles. The first-order valence-electron chi connectivity index (χ1n) is 6.46. The highest BCUT2D eigenvalue weighted by Gasteiger charge is 2.31. The van der Waals surface area contributed by atoms with Crippen LogP contribution in [0.2, 0.25) is 0 Å². The quantitative estimate of drug-likeness (QED) is 0.896. The van der Waals surface area contributed by atoms with E-state index < -0.39 is 0 Å². The number of rotatable bonds is 4. The molecule has 18 heavy (non-hydrogen) atoms. The zero-order chi connectivity index (χ0) is 12.5. The Hall–Kier alpha value is -1.68. The first kappa shape index (κ1) is 11.4. The minimum atomic E-state index is -0.133. The van der Waals surface area contributed by atoms with Crippen molar-refractivity contribution < 1.29 is 4.52 Å². The molecule has 1 aliphatic rings. The van der Waals surface area contributed by atoms with E-state index in [0.717, 1.165) is 25.1 Å². The number of nitrogens with two attached hydrogens (primary N) is 1. The van der Waals surface area contributed by atoms with Gasteiger partial charge in [0.2, 0.25) is 5.89 Å². The topological polar surface area (TPSA) is 64.9 Å². The Morgan fingerprint density at radius 3 is 3.06 bits per heavy atom. The van der Waals surface area contributed by atoms with Crippen molar-refractivity contribution in [2.45, 2.75) is 38.1 Å². The lowest BCUT2D eigenvalue weighted by Crippen LogP contribution is -2.19. The van der Waals surface area contributed by atoms with Gasteiger partial charge in [-0.3, -0.25) is 0 Å². The summed E-state index contributed by atoms with van der Waals surface area (Å²) in [4.78, 5) is 4.45. The minimum Gasteiger partial charge on any atom is -0.338 e. The third kappa shape index (κ3) is 1.82. The molecule has 0 fully saturated rings. The maximum atomic E-state index is 5.98. The second kappa shape index (κ2) is 4.53. The van der Waals surface area contributed by atoms with E-state index in [-0.39, 0.29) is 12.0 Å². The summed E-state index contributed by atoms with van der Waals surface area (Å²) in [5.74, 6) is 1.62. The highest BCUT2D eigenvalue weighted by Crippen LogP contribution is 2.38. The Morgan fingerprint density at radius 2 is 2.28 bits per heavy atom. The highest BCUT2D eigenvalue weighted by atomic mass is 16.5. The van der Waals surface area contributed by atoms with E-state index in [4.69, 9.17) is 10.3 Å². The summed E-state index contributed by atoms with van der Waals surface area (Å²) in [6, 6.07) is 8.26. The molecule has 0 spiro atoms. The molecule has 0 bridgehead atoms. The van der Waals surface area contributed by atoms with E-state index in [0.29, 0.717) is 5.89 Å². The molecular weight excluding hydrogens is 226 g/mol. The fourth-order valence-electron chi connectivity index (χ4n) is 2.46. The van der Waals surface area contributed by atoms with Crippen molar-refractivity contribution in [3.63, 3.8) is 0 Å². The first-order chi connectivity index (χ1) is 8.79. The van der Waals surface area contributed by atoms with E-state index in [1.54, 1.807) is 0 Å². The summed E-state index contributed by atoms with van der Waals surface area (Å²) in [5.41, 5.74) is 8.67. The Labute approximate surface area is 106 Å². The van der Waals surface area contributed by atoms with E-state index in [1.807, 2.05) is 0 Å². The SMILES string of the molecule is CCC[C@@H](N)c1nc(C2Cc3ccccc32)no1. The van der Waals surface area contributed by atoms with Gasteiger partial charge in [0.1, 0.15) is 0 Å². The van der Waals surface area contributed by atoms with Crippen LogP contribution in [0.5, 0.6) is 0 Å². The van der Waals surface area contributed by atoms with Crippen molar-refractivity contribution >= 4 is 0 Å². The molecule has 0 saturated carbocycles. The number of hydrogen-bond acceptors (Lipinski definition) is 4. The van der Waals surface area contributed by atoms with Crippen LogP contribution in [0.25, 0.3) is 0 Å². The van der Waals surface area contributed by atoms with Crippen molar-refractivity contribution in [1.82, 2.24) is 10.1 Å². The van der Waals surface area contributed by atoms with Gasteiger partial charge >= 0.3 is 0 Å². The molecule has 2 atom stereocenters. The average molecular weight is 243 g/mol.